The molecule has 0 spiro atoms. The van der Waals surface area contributed by atoms with Crippen LogP contribution in [0.1, 0.15) is 17.0 Å². The Bertz CT molecular complexity index is 602. The van der Waals surface area contributed by atoms with E-state index >= 15 is 0 Å². The normalized spacial score (nSPS) is 10.5. The smallest absolute Gasteiger partial charge is 0.257 e. The Hall–Kier alpha value is -1.13. The summed E-state index contributed by atoms with van der Waals surface area (Å²) in [5, 5.41) is 0.277. The number of aryl methyl sites for hydroxylation is 3. The fraction of sp³-hybridized carbons (Fsp3) is 0.231. The maximum Gasteiger partial charge on any atom is 0.257 e. The third-order valence-electron chi connectivity index (χ3n) is 2.58. The van der Waals surface area contributed by atoms with Crippen LogP contribution < -0.4 is 4.74 Å². The van der Waals surface area contributed by atoms with Gasteiger partial charge in [0.05, 0.1) is 11.4 Å². The van der Waals surface area contributed by atoms with Crippen molar-refractivity contribution in [3.8, 4) is 11.6 Å². The topological polar surface area (TPSA) is 35.0 Å². The number of rotatable bonds is 2. The van der Waals surface area contributed by atoms with Gasteiger partial charge in [0.15, 0.2) is 5.15 Å². The minimum Gasteiger partial charge on any atom is -0.436 e. The summed E-state index contributed by atoms with van der Waals surface area (Å²) in [4.78, 5) is 8.47. The molecule has 5 heteroatoms. The molecule has 0 saturated carbocycles. The molecule has 0 bridgehead atoms. The summed E-state index contributed by atoms with van der Waals surface area (Å²) in [5.41, 5.74) is 2.70. The molecule has 1 heterocycles. The molecule has 0 radical (unpaired) electrons. The first-order valence-corrected chi connectivity index (χ1v) is 6.59. The van der Waals surface area contributed by atoms with Crippen LogP contribution >= 0.6 is 27.5 Å². The second-order valence-electron chi connectivity index (χ2n) is 4.00. The molecule has 0 saturated heterocycles. The molecule has 2 aromatic rings. The first-order chi connectivity index (χ1) is 8.47. The average molecular weight is 328 g/mol. The minimum absolute atomic E-state index is 0.277. The van der Waals surface area contributed by atoms with Gasteiger partial charge in [0, 0.05) is 4.47 Å². The van der Waals surface area contributed by atoms with Crippen molar-refractivity contribution in [1.29, 1.82) is 0 Å². The number of hydrogen-bond donors (Lipinski definition) is 0. The fourth-order valence-electron chi connectivity index (χ4n) is 1.41. The van der Waals surface area contributed by atoms with Gasteiger partial charge in [-0.2, -0.15) is 0 Å². The van der Waals surface area contributed by atoms with Crippen LogP contribution in [0.2, 0.25) is 5.15 Å². The zero-order valence-electron chi connectivity index (χ0n) is 10.3. The lowest BCUT2D eigenvalue weighted by atomic mass is 10.2. The monoisotopic (exact) mass is 326 g/mol. The zero-order chi connectivity index (χ0) is 13.3. The number of nitrogens with zero attached hydrogens (tertiary/aromatic N) is 2. The Morgan fingerprint density at radius 1 is 1.11 bits per heavy atom. The van der Waals surface area contributed by atoms with E-state index in [2.05, 4.69) is 25.9 Å². The summed E-state index contributed by atoms with van der Waals surface area (Å²) in [6, 6.07) is 5.69. The van der Waals surface area contributed by atoms with Crippen molar-refractivity contribution < 1.29 is 4.74 Å². The average Bonchev–Trinajstić information content (AvgIpc) is 2.31. The lowest BCUT2D eigenvalue weighted by Crippen LogP contribution is -1.97. The molecule has 0 N–H and O–H groups in total. The maximum absolute atomic E-state index is 6.01. The molecule has 3 nitrogen and oxygen atoms in total. The highest BCUT2D eigenvalue weighted by atomic mass is 79.9. The second-order valence-corrected chi connectivity index (χ2v) is 5.22. The first-order valence-electron chi connectivity index (χ1n) is 5.42. The fourth-order valence-corrected chi connectivity index (χ4v) is 1.87. The number of ether oxygens (including phenoxy) is 1. The lowest BCUT2D eigenvalue weighted by Gasteiger charge is -2.09. The van der Waals surface area contributed by atoms with Gasteiger partial charge in [-0.1, -0.05) is 27.5 Å². The van der Waals surface area contributed by atoms with Crippen LogP contribution in [0.5, 0.6) is 11.6 Å². The minimum atomic E-state index is 0.277. The van der Waals surface area contributed by atoms with Crippen LogP contribution in [0.3, 0.4) is 0 Å². The van der Waals surface area contributed by atoms with Crippen molar-refractivity contribution in [3.63, 3.8) is 0 Å². The summed E-state index contributed by atoms with van der Waals surface area (Å²) in [5.74, 6) is 1.02. The third-order valence-corrected chi connectivity index (χ3v) is 3.72. The Morgan fingerprint density at radius 3 is 2.44 bits per heavy atom. The molecular formula is C13H12BrClN2O. The van der Waals surface area contributed by atoms with Crippen LogP contribution in [0.4, 0.5) is 0 Å². The van der Waals surface area contributed by atoms with Crippen LogP contribution in [0.15, 0.2) is 22.7 Å². The van der Waals surface area contributed by atoms with E-state index in [0.717, 1.165) is 21.4 Å². The predicted molar refractivity (Wildman–Crippen MR) is 75.5 cm³/mol. The second kappa shape index (κ2) is 5.24. The van der Waals surface area contributed by atoms with Crippen LogP contribution in [-0.2, 0) is 0 Å². The standard InChI is InChI=1S/C13H12BrClN2O/c1-7-6-10(4-5-11(7)14)18-13-12(15)16-8(2)9(3)17-13/h4-6H,1-3H3. The van der Waals surface area contributed by atoms with E-state index < -0.39 is 0 Å². The summed E-state index contributed by atoms with van der Waals surface area (Å²) < 4.78 is 6.69. The van der Waals surface area contributed by atoms with Crippen molar-refractivity contribution in [2.24, 2.45) is 0 Å². The van der Waals surface area contributed by atoms with Gasteiger partial charge in [0.1, 0.15) is 5.75 Å². The summed E-state index contributed by atoms with van der Waals surface area (Å²) in [6.45, 7) is 5.73. The van der Waals surface area contributed by atoms with E-state index in [1.807, 2.05) is 39.0 Å². The summed E-state index contributed by atoms with van der Waals surface area (Å²) >= 11 is 9.46. The van der Waals surface area contributed by atoms with E-state index in [-0.39, 0.29) is 5.15 Å². The van der Waals surface area contributed by atoms with Gasteiger partial charge < -0.3 is 4.74 Å². The Balaban J connectivity index is 2.34. The molecule has 94 valence electrons. The molecule has 2 rings (SSSR count). The van der Waals surface area contributed by atoms with Crippen molar-refractivity contribution in [3.05, 3.63) is 44.8 Å². The van der Waals surface area contributed by atoms with E-state index in [1.165, 1.54) is 0 Å². The molecular weight excluding hydrogens is 316 g/mol. The van der Waals surface area contributed by atoms with E-state index in [4.69, 9.17) is 16.3 Å². The molecule has 0 aliphatic heterocycles. The molecule has 0 aliphatic carbocycles. The van der Waals surface area contributed by atoms with Gasteiger partial charge in [-0.05, 0) is 44.5 Å². The first kappa shape index (κ1) is 13.3. The van der Waals surface area contributed by atoms with Crippen molar-refractivity contribution in [2.75, 3.05) is 0 Å². The molecule has 18 heavy (non-hydrogen) atoms. The van der Waals surface area contributed by atoms with Crippen molar-refractivity contribution in [2.45, 2.75) is 20.8 Å². The maximum atomic E-state index is 6.01. The van der Waals surface area contributed by atoms with Gasteiger partial charge in [0.2, 0.25) is 0 Å². The quantitative estimate of drug-likeness (QED) is 0.808. The number of halogens is 2. The molecule has 1 aromatic heterocycles. The van der Waals surface area contributed by atoms with Crippen molar-refractivity contribution >= 4 is 27.5 Å². The molecule has 0 amide bonds. The van der Waals surface area contributed by atoms with E-state index in [1.54, 1.807) is 0 Å². The summed E-state index contributed by atoms with van der Waals surface area (Å²) in [6.07, 6.45) is 0. The molecule has 1 aromatic carbocycles. The number of aromatic nitrogens is 2. The number of benzene rings is 1. The van der Waals surface area contributed by atoms with Gasteiger partial charge in [-0.3, -0.25) is 0 Å². The largest absolute Gasteiger partial charge is 0.436 e. The Labute approximate surface area is 119 Å². The van der Waals surface area contributed by atoms with E-state index in [0.29, 0.717) is 11.6 Å². The van der Waals surface area contributed by atoms with E-state index in [9.17, 15) is 0 Å². The van der Waals surface area contributed by atoms with Crippen LogP contribution in [0, 0.1) is 20.8 Å². The molecule has 0 fully saturated rings. The Morgan fingerprint density at radius 2 is 1.78 bits per heavy atom. The highest BCUT2D eigenvalue weighted by Gasteiger charge is 2.10. The third kappa shape index (κ3) is 2.82. The van der Waals surface area contributed by atoms with Gasteiger partial charge >= 0.3 is 0 Å². The summed E-state index contributed by atoms with van der Waals surface area (Å²) in [7, 11) is 0. The molecule has 0 atom stereocenters. The van der Waals surface area contributed by atoms with Crippen LogP contribution in [0.25, 0.3) is 0 Å². The molecule has 0 aliphatic rings. The van der Waals surface area contributed by atoms with Gasteiger partial charge in [-0.25, -0.2) is 9.97 Å². The number of hydrogen-bond acceptors (Lipinski definition) is 3. The molecule has 0 unspecified atom stereocenters. The highest BCUT2D eigenvalue weighted by molar-refractivity contribution is 9.10. The highest BCUT2D eigenvalue weighted by Crippen LogP contribution is 2.29. The Kier molecular flexibility index (Phi) is 3.88. The van der Waals surface area contributed by atoms with Crippen molar-refractivity contribution in [1.82, 2.24) is 9.97 Å². The van der Waals surface area contributed by atoms with Gasteiger partial charge in [0.25, 0.3) is 5.88 Å². The van der Waals surface area contributed by atoms with Crippen LogP contribution in [-0.4, -0.2) is 9.97 Å². The van der Waals surface area contributed by atoms with Gasteiger partial charge in [-0.15, -0.1) is 0 Å². The predicted octanol–water partition coefficient (Wildman–Crippen LogP) is 4.61. The SMILES string of the molecule is Cc1cc(Oc2nc(C)c(C)nc2Cl)ccc1Br. The zero-order valence-corrected chi connectivity index (χ0v) is 12.6. The lowest BCUT2D eigenvalue weighted by molar-refractivity contribution is 0.458.